The van der Waals surface area contributed by atoms with Crippen molar-refractivity contribution in [3.8, 4) is 0 Å². The molecule has 2 atom stereocenters. The first-order chi connectivity index (χ1) is 10.6. The molecule has 0 aromatic heterocycles. The molecule has 0 aliphatic rings. The van der Waals surface area contributed by atoms with E-state index < -0.39 is 0 Å². The van der Waals surface area contributed by atoms with Crippen LogP contribution >= 0.6 is 0 Å². The molecule has 2 N–H and O–H groups in total. The van der Waals surface area contributed by atoms with Crippen LogP contribution in [0.25, 0.3) is 0 Å². The van der Waals surface area contributed by atoms with Crippen molar-refractivity contribution in [3.05, 3.63) is 65.7 Å². The molecule has 0 amide bonds. The van der Waals surface area contributed by atoms with Gasteiger partial charge < -0.3 is 5.73 Å². The second-order valence-corrected chi connectivity index (χ2v) is 6.12. The summed E-state index contributed by atoms with van der Waals surface area (Å²) in [6.07, 6.45) is 2.22. The maximum Gasteiger partial charge on any atom is 0.0322 e. The lowest BCUT2D eigenvalue weighted by Crippen LogP contribution is -2.37. The molecular weight excluding hydrogens is 268 g/mol. The lowest BCUT2D eigenvalue weighted by molar-refractivity contribution is 0.153. The molecule has 0 unspecified atom stereocenters. The Morgan fingerprint density at radius 3 is 2.18 bits per heavy atom. The third-order valence-corrected chi connectivity index (χ3v) is 4.34. The van der Waals surface area contributed by atoms with E-state index in [-0.39, 0.29) is 0 Å². The van der Waals surface area contributed by atoms with Gasteiger partial charge in [0.15, 0.2) is 0 Å². The summed E-state index contributed by atoms with van der Waals surface area (Å²) in [5, 5.41) is 0. The van der Waals surface area contributed by atoms with Gasteiger partial charge in [0.2, 0.25) is 0 Å². The van der Waals surface area contributed by atoms with E-state index in [1.807, 2.05) is 12.1 Å². The van der Waals surface area contributed by atoms with Gasteiger partial charge in [0.1, 0.15) is 0 Å². The maximum atomic E-state index is 5.78. The van der Waals surface area contributed by atoms with Gasteiger partial charge in [-0.1, -0.05) is 49.4 Å². The molecule has 0 saturated carbocycles. The van der Waals surface area contributed by atoms with E-state index in [0.29, 0.717) is 12.1 Å². The summed E-state index contributed by atoms with van der Waals surface area (Å²) in [6, 6.07) is 20.0. The molecule has 0 aliphatic carbocycles. The van der Waals surface area contributed by atoms with Gasteiger partial charge >= 0.3 is 0 Å². The van der Waals surface area contributed by atoms with Gasteiger partial charge in [-0.25, -0.2) is 0 Å². The molecule has 118 valence electrons. The van der Waals surface area contributed by atoms with Gasteiger partial charge in [-0.2, -0.15) is 0 Å². The third kappa shape index (κ3) is 4.35. The predicted molar refractivity (Wildman–Crippen MR) is 95.9 cm³/mol. The minimum atomic E-state index is 0.435. The minimum absolute atomic E-state index is 0.435. The zero-order valence-electron chi connectivity index (χ0n) is 14.0. The molecule has 0 fully saturated rings. The van der Waals surface area contributed by atoms with E-state index in [1.54, 1.807) is 0 Å². The summed E-state index contributed by atoms with van der Waals surface area (Å²) >= 11 is 0. The van der Waals surface area contributed by atoms with Crippen LogP contribution in [0.5, 0.6) is 0 Å². The van der Waals surface area contributed by atoms with Crippen LogP contribution in [0.4, 0.5) is 5.69 Å². The fourth-order valence-corrected chi connectivity index (χ4v) is 3.09. The van der Waals surface area contributed by atoms with Crippen LogP contribution in [0, 0.1) is 0 Å². The van der Waals surface area contributed by atoms with E-state index in [0.717, 1.165) is 18.7 Å². The van der Waals surface area contributed by atoms with E-state index in [4.69, 9.17) is 5.73 Å². The average Bonchev–Trinajstić information content (AvgIpc) is 2.55. The second-order valence-electron chi connectivity index (χ2n) is 6.12. The number of rotatable bonds is 7. The van der Waals surface area contributed by atoms with Gasteiger partial charge in [-0.05, 0) is 56.5 Å². The van der Waals surface area contributed by atoms with E-state index in [9.17, 15) is 0 Å². The van der Waals surface area contributed by atoms with Crippen molar-refractivity contribution in [2.24, 2.45) is 0 Å². The van der Waals surface area contributed by atoms with Crippen molar-refractivity contribution in [2.75, 3.05) is 12.3 Å². The quantitative estimate of drug-likeness (QED) is 0.752. The molecule has 2 aromatic carbocycles. The number of hydrogen-bond acceptors (Lipinski definition) is 2. The highest BCUT2D eigenvalue weighted by molar-refractivity contribution is 5.39. The van der Waals surface area contributed by atoms with Crippen LogP contribution in [0.1, 0.15) is 44.4 Å². The van der Waals surface area contributed by atoms with E-state index in [2.05, 4.69) is 68.1 Å². The zero-order valence-corrected chi connectivity index (χ0v) is 14.0. The summed E-state index contributed by atoms with van der Waals surface area (Å²) in [5.41, 5.74) is 9.35. The highest BCUT2D eigenvalue weighted by Gasteiger charge is 2.20. The van der Waals surface area contributed by atoms with Crippen molar-refractivity contribution in [2.45, 2.75) is 45.7 Å². The Labute approximate surface area is 135 Å². The summed E-state index contributed by atoms with van der Waals surface area (Å²) < 4.78 is 0. The van der Waals surface area contributed by atoms with Crippen molar-refractivity contribution in [3.63, 3.8) is 0 Å². The van der Waals surface area contributed by atoms with Crippen LogP contribution in [-0.4, -0.2) is 17.5 Å². The molecular formula is C20H28N2. The SMILES string of the molecule is CCCN([C@H](C)Cc1ccc(N)cc1)[C@H](C)c1ccccc1. The predicted octanol–water partition coefficient (Wildman–Crippen LogP) is 4.67. The summed E-state index contributed by atoms with van der Waals surface area (Å²) in [7, 11) is 0. The Morgan fingerprint density at radius 1 is 0.955 bits per heavy atom. The Hall–Kier alpha value is -1.80. The molecule has 2 nitrogen and oxygen atoms in total. The van der Waals surface area contributed by atoms with Crippen LogP contribution < -0.4 is 5.73 Å². The van der Waals surface area contributed by atoms with Gasteiger partial charge in [0, 0.05) is 17.8 Å². The lowest BCUT2D eigenvalue weighted by atomic mass is 10.0. The summed E-state index contributed by atoms with van der Waals surface area (Å²) in [4.78, 5) is 2.60. The second kappa shape index (κ2) is 8.00. The third-order valence-electron chi connectivity index (χ3n) is 4.34. The molecule has 0 bridgehead atoms. The zero-order chi connectivity index (χ0) is 15.9. The Balaban J connectivity index is 2.10. The van der Waals surface area contributed by atoms with Crippen molar-refractivity contribution in [1.29, 1.82) is 0 Å². The summed E-state index contributed by atoms with van der Waals surface area (Å²) in [5.74, 6) is 0. The first-order valence-corrected chi connectivity index (χ1v) is 8.27. The summed E-state index contributed by atoms with van der Waals surface area (Å²) in [6.45, 7) is 8.00. The normalized spacial score (nSPS) is 14.0. The minimum Gasteiger partial charge on any atom is -0.399 e. The largest absolute Gasteiger partial charge is 0.399 e. The number of anilines is 1. The first-order valence-electron chi connectivity index (χ1n) is 8.27. The van der Waals surface area contributed by atoms with Crippen molar-refractivity contribution >= 4 is 5.69 Å². The maximum absolute atomic E-state index is 5.78. The number of hydrogen-bond donors (Lipinski definition) is 1. The van der Waals surface area contributed by atoms with E-state index in [1.165, 1.54) is 17.5 Å². The van der Waals surface area contributed by atoms with Gasteiger partial charge in [0.25, 0.3) is 0 Å². The van der Waals surface area contributed by atoms with Crippen molar-refractivity contribution < 1.29 is 0 Å². The van der Waals surface area contributed by atoms with Crippen LogP contribution in [0.2, 0.25) is 0 Å². The molecule has 0 spiro atoms. The van der Waals surface area contributed by atoms with Gasteiger partial charge in [-0.15, -0.1) is 0 Å². The Bertz CT molecular complexity index is 548. The molecule has 2 aromatic rings. The fraction of sp³-hybridized carbons (Fsp3) is 0.400. The Morgan fingerprint density at radius 2 is 1.59 bits per heavy atom. The highest BCUT2D eigenvalue weighted by Crippen LogP contribution is 2.24. The number of nitrogens with two attached hydrogens (primary N) is 1. The number of benzene rings is 2. The molecule has 2 rings (SSSR count). The smallest absolute Gasteiger partial charge is 0.0322 e. The molecule has 0 radical (unpaired) electrons. The van der Waals surface area contributed by atoms with E-state index >= 15 is 0 Å². The topological polar surface area (TPSA) is 29.3 Å². The fourth-order valence-electron chi connectivity index (χ4n) is 3.09. The molecule has 0 heterocycles. The van der Waals surface area contributed by atoms with Crippen LogP contribution in [0.3, 0.4) is 0 Å². The average molecular weight is 296 g/mol. The van der Waals surface area contributed by atoms with Crippen molar-refractivity contribution in [1.82, 2.24) is 4.90 Å². The monoisotopic (exact) mass is 296 g/mol. The highest BCUT2D eigenvalue weighted by atomic mass is 15.2. The van der Waals surface area contributed by atoms with Gasteiger partial charge in [-0.3, -0.25) is 4.90 Å². The van der Waals surface area contributed by atoms with Gasteiger partial charge in [0.05, 0.1) is 0 Å². The number of nitrogens with zero attached hydrogens (tertiary/aromatic N) is 1. The Kier molecular flexibility index (Phi) is 6.02. The lowest BCUT2D eigenvalue weighted by Gasteiger charge is -2.35. The molecule has 0 saturated heterocycles. The molecule has 22 heavy (non-hydrogen) atoms. The first kappa shape index (κ1) is 16.6. The number of nitrogen functional groups attached to an aromatic ring is 1. The van der Waals surface area contributed by atoms with Crippen LogP contribution in [0.15, 0.2) is 54.6 Å². The standard InChI is InChI=1S/C20H28N2/c1-4-14-22(17(3)19-8-6-5-7-9-19)16(2)15-18-10-12-20(21)13-11-18/h5-13,16-17H,4,14-15,21H2,1-3H3/t16-,17-/m1/s1. The molecule has 2 heteroatoms. The molecule has 0 aliphatic heterocycles. The van der Waals surface area contributed by atoms with Crippen LogP contribution in [-0.2, 0) is 6.42 Å².